The van der Waals surface area contributed by atoms with E-state index in [1.54, 1.807) is 7.05 Å². The first kappa shape index (κ1) is 17.5. The Morgan fingerprint density at radius 3 is 2.84 bits per heavy atom. The molecule has 0 radical (unpaired) electrons. The highest BCUT2D eigenvalue weighted by Crippen LogP contribution is 2.18. The molecule has 0 aliphatic carbocycles. The maximum Gasteiger partial charge on any atom is 0.176 e. The minimum atomic E-state index is -0.412. The Balaban J connectivity index is 1.84. The molecule has 2 aliphatic heterocycles. The van der Waals surface area contributed by atoms with Crippen molar-refractivity contribution < 1.29 is 4.74 Å². The fraction of sp³-hybridized carbons (Fsp3) is 0.529. The Kier molecular flexibility index (Phi) is 5.40. The number of pyridine rings is 1. The van der Waals surface area contributed by atoms with E-state index in [0.29, 0.717) is 0 Å². The molecule has 8 heteroatoms. The zero-order valence-corrected chi connectivity index (χ0v) is 15.1. The van der Waals surface area contributed by atoms with Gasteiger partial charge < -0.3 is 24.4 Å². The Morgan fingerprint density at radius 2 is 2.16 bits per heavy atom. The van der Waals surface area contributed by atoms with Crippen molar-refractivity contribution >= 4 is 11.5 Å². The summed E-state index contributed by atoms with van der Waals surface area (Å²) in [4.78, 5) is 13.1. The summed E-state index contributed by atoms with van der Waals surface area (Å²) in [6, 6.07) is 4.03. The fourth-order valence-corrected chi connectivity index (χ4v) is 3.00. The molecule has 3 N–H and O–H groups in total. The van der Waals surface area contributed by atoms with Crippen LogP contribution in [-0.2, 0) is 11.3 Å². The van der Waals surface area contributed by atoms with E-state index in [-0.39, 0.29) is 0 Å². The average molecular weight is 345 g/mol. The van der Waals surface area contributed by atoms with Gasteiger partial charge in [-0.25, -0.2) is 4.99 Å². The van der Waals surface area contributed by atoms with Crippen molar-refractivity contribution in [1.82, 2.24) is 14.4 Å². The first-order valence-corrected chi connectivity index (χ1v) is 8.63. The molecule has 1 aromatic rings. The van der Waals surface area contributed by atoms with Crippen molar-refractivity contribution in [1.29, 1.82) is 0 Å². The molecule has 0 spiro atoms. The van der Waals surface area contributed by atoms with Gasteiger partial charge in [0.1, 0.15) is 17.1 Å². The molecule has 136 valence electrons. The molecule has 1 atom stereocenters. The number of nitrogens with one attached hydrogen (secondary N) is 1. The molecule has 0 saturated carbocycles. The number of hydrogen-bond acceptors (Lipinski definition) is 7. The van der Waals surface area contributed by atoms with Gasteiger partial charge in [0.25, 0.3) is 0 Å². The van der Waals surface area contributed by atoms with Crippen LogP contribution in [0.4, 0.5) is 5.69 Å². The van der Waals surface area contributed by atoms with E-state index in [4.69, 9.17) is 10.5 Å². The summed E-state index contributed by atoms with van der Waals surface area (Å²) < 4.78 is 7.53. The summed E-state index contributed by atoms with van der Waals surface area (Å²) in [5, 5.41) is 3.36. The molecule has 3 rings (SSSR count). The number of nitrogens with zero attached hydrogens (tertiary/aromatic N) is 5. The first-order valence-electron chi connectivity index (χ1n) is 8.63. The van der Waals surface area contributed by atoms with Gasteiger partial charge in [0.2, 0.25) is 0 Å². The van der Waals surface area contributed by atoms with Gasteiger partial charge in [0.05, 0.1) is 13.2 Å². The predicted octanol–water partition coefficient (Wildman–Crippen LogP) is 0.210. The third-order valence-electron chi connectivity index (χ3n) is 4.49. The lowest BCUT2D eigenvalue weighted by atomic mass is 10.3. The van der Waals surface area contributed by atoms with Crippen LogP contribution in [0.2, 0.25) is 0 Å². The summed E-state index contributed by atoms with van der Waals surface area (Å²) in [6.07, 6.45) is 3.65. The first-order chi connectivity index (χ1) is 12.1. The van der Waals surface area contributed by atoms with Crippen LogP contribution >= 0.6 is 0 Å². The highest BCUT2D eigenvalue weighted by molar-refractivity contribution is 6.04. The molecule has 1 fully saturated rings. The van der Waals surface area contributed by atoms with Crippen molar-refractivity contribution in [3.63, 3.8) is 0 Å². The van der Waals surface area contributed by atoms with Gasteiger partial charge in [-0.2, -0.15) is 0 Å². The number of rotatable bonds is 3. The van der Waals surface area contributed by atoms with Crippen LogP contribution in [-0.4, -0.2) is 66.9 Å². The largest absolute Gasteiger partial charge is 0.378 e. The predicted molar refractivity (Wildman–Crippen MR) is 98.9 cm³/mol. The van der Waals surface area contributed by atoms with Gasteiger partial charge >= 0.3 is 0 Å². The van der Waals surface area contributed by atoms with Crippen LogP contribution in [0.1, 0.15) is 6.92 Å². The molecule has 3 heterocycles. The molecular weight excluding hydrogens is 318 g/mol. The summed E-state index contributed by atoms with van der Waals surface area (Å²) in [7, 11) is 3.76. The smallest absolute Gasteiger partial charge is 0.176 e. The van der Waals surface area contributed by atoms with Gasteiger partial charge in [-0.1, -0.05) is 0 Å². The van der Waals surface area contributed by atoms with E-state index in [2.05, 4.69) is 31.7 Å². The van der Waals surface area contributed by atoms with Crippen LogP contribution in [0, 0.1) is 0 Å². The van der Waals surface area contributed by atoms with E-state index in [1.807, 2.05) is 36.4 Å². The molecule has 0 bridgehead atoms. The van der Waals surface area contributed by atoms with Gasteiger partial charge in [-0.15, -0.1) is 0 Å². The van der Waals surface area contributed by atoms with Gasteiger partial charge in [0, 0.05) is 57.8 Å². The second-order valence-electron chi connectivity index (χ2n) is 6.05. The summed E-state index contributed by atoms with van der Waals surface area (Å²) in [5.74, 6) is 1.82. The maximum absolute atomic E-state index is 6.20. The van der Waals surface area contributed by atoms with Crippen LogP contribution in [0.3, 0.4) is 0 Å². The molecular formula is C17H27N7O. The number of aliphatic imine (C=N–C) groups is 1. The van der Waals surface area contributed by atoms with Gasteiger partial charge in [-0.3, -0.25) is 10.7 Å². The number of anilines is 1. The standard InChI is InChI=1S/C17H27N7O/c1-4-23-6-5-13(11-15(23)19-2)20-14-12-16(22(3)17(18)21-14)24-7-9-25-10-8-24/h5-6,11-12,17H,4,7-10,18H2,1-3H3,(H,20,21). The third-order valence-corrected chi connectivity index (χ3v) is 4.49. The number of hydrogen-bond donors (Lipinski definition) is 2. The Morgan fingerprint density at radius 1 is 1.40 bits per heavy atom. The average Bonchev–Trinajstić information content (AvgIpc) is 2.65. The Hall–Kier alpha value is -2.32. The number of amidine groups is 1. The molecule has 0 aromatic carbocycles. The van der Waals surface area contributed by atoms with Crippen molar-refractivity contribution in [3.8, 4) is 0 Å². The number of aryl methyl sites for hydroxylation is 1. The van der Waals surface area contributed by atoms with Crippen LogP contribution in [0.5, 0.6) is 0 Å². The second-order valence-corrected chi connectivity index (χ2v) is 6.05. The molecule has 1 unspecified atom stereocenters. The molecule has 1 aromatic heterocycles. The zero-order valence-electron chi connectivity index (χ0n) is 15.1. The van der Waals surface area contributed by atoms with Crippen LogP contribution in [0.15, 0.2) is 40.2 Å². The quantitative estimate of drug-likeness (QED) is 0.818. The molecule has 0 amide bonds. The lowest BCUT2D eigenvalue weighted by Gasteiger charge is -2.39. The number of aromatic nitrogens is 1. The second kappa shape index (κ2) is 7.71. The lowest BCUT2D eigenvalue weighted by molar-refractivity contribution is 0.0359. The normalized spacial score (nSPS) is 21.9. The third kappa shape index (κ3) is 3.85. The lowest BCUT2D eigenvalue weighted by Crippen LogP contribution is -2.49. The molecule has 2 aliphatic rings. The van der Waals surface area contributed by atoms with Crippen LogP contribution in [0.25, 0.3) is 0 Å². The van der Waals surface area contributed by atoms with Crippen molar-refractivity contribution in [3.05, 3.63) is 35.7 Å². The Bertz CT molecular complexity index is 731. The number of ether oxygens (including phenoxy) is 1. The molecule has 25 heavy (non-hydrogen) atoms. The molecule has 1 saturated heterocycles. The van der Waals surface area contributed by atoms with Crippen molar-refractivity contribution in [2.45, 2.75) is 19.8 Å². The SMILES string of the molecule is CCn1ccc(NC2=NC(N)N(C)C(N3CCOCC3)=C2)cc1=NC. The minimum Gasteiger partial charge on any atom is -0.378 e. The zero-order chi connectivity index (χ0) is 17.8. The minimum absolute atomic E-state index is 0.412. The van der Waals surface area contributed by atoms with Gasteiger partial charge in [0.15, 0.2) is 6.29 Å². The molecule has 8 nitrogen and oxygen atoms in total. The van der Waals surface area contributed by atoms with E-state index in [9.17, 15) is 0 Å². The maximum atomic E-state index is 6.20. The van der Waals surface area contributed by atoms with Gasteiger partial charge in [-0.05, 0) is 13.0 Å². The van der Waals surface area contributed by atoms with E-state index >= 15 is 0 Å². The fourth-order valence-electron chi connectivity index (χ4n) is 3.00. The summed E-state index contributed by atoms with van der Waals surface area (Å²) in [6.45, 7) is 6.16. The van der Waals surface area contributed by atoms with E-state index in [1.165, 1.54) is 0 Å². The van der Waals surface area contributed by atoms with E-state index < -0.39 is 6.29 Å². The highest BCUT2D eigenvalue weighted by Gasteiger charge is 2.24. The number of nitrogens with two attached hydrogens (primary N) is 1. The van der Waals surface area contributed by atoms with Crippen molar-refractivity contribution in [2.75, 3.05) is 45.7 Å². The summed E-state index contributed by atoms with van der Waals surface area (Å²) in [5.41, 5.74) is 8.06. The Labute approximate surface area is 148 Å². The van der Waals surface area contributed by atoms with E-state index in [0.717, 1.165) is 55.7 Å². The van der Waals surface area contributed by atoms with Crippen molar-refractivity contribution in [2.24, 2.45) is 15.7 Å². The monoisotopic (exact) mass is 345 g/mol. The number of morpholine rings is 1. The highest BCUT2D eigenvalue weighted by atomic mass is 16.5. The van der Waals surface area contributed by atoms with Crippen LogP contribution < -0.4 is 16.5 Å². The topological polar surface area (TPSA) is 83.4 Å². The summed E-state index contributed by atoms with van der Waals surface area (Å²) >= 11 is 0.